The number of hydrogen-bond acceptors (Lipinski definition) is 3. The molecule has 78 valence electrons. The monoisotopic (exact) mass is 196 g/mol. The van der Waals surface area contributed by atoms with E-state index in [4.69, 9.17) is 4.74 Å². The third-order valence-corrected chi connectivity index (χ3v) is 2.29. The highest BCUT2D eigenvalue weighted by Crippen LogP contribution is 2.29. The quantitative estimate of drug-likeness (QED) is 0.633. The highest BCUT2D eigenvalue weighted by molar-refractivity contribution is 5.95. The second-order valence-electron chi connectivity index (χ2n) is 4.26. The van der Waals surface area contributed by atoms with Crippen molar-refractivity contribution in [3.8, 4) is 0 Å². The number of ketones is 1. The summed E-state index contributed by atoms with van der Waals surface area (Å²) in [5.41, 5.74) is -0.0629. The molecule has 0 aromatic carbocycles. The normalized spacial score (nSPS) is 24.8. The van der Waals surface area contributed by atoms with E-state index in [9.17, 15) is 9.59 Å². The van der Waals surface area contributed by atoms with Crippen LogP contribution in [0.4, 0.5) is 0 Å². The fourth-order valence-electron chi connectivity index (χ4n) is 1.40. The lowest BCUT2D eigenvalue weighted by molar-refractivity contribution is -0.155. The first-order chi connectivity index (χ1) is 6.44. The zero-order chi connectivity index (χ0) is 10.8. The SMILES string of the molecule is CCC(=O)OC1CC(C)(C)C=CC1=O. The van der Waals surface area contributed by atoms with Crippen LogP contribution in [-0.4, -0.2) is 17.9 Å². The predicted octanol–water partition coefficient (Wildman–Crippen LogP) is 1.86. The van der Waals surface area contributed by atoms with E-state index in [0.717, 1.165) is 0 Å². The van der Waals surface area contributed by atoms with E-state index in [1.165, 1.54) is 6.08 Å². The summed E-state index contributed by atoms with van der Waals surface area (Å²) < 4.78 is 5.05. The first-order valence-corrected chi connectivity index (χ1v) is 4.87. The fourth-order valence-corrected chi connectivity index (χ4v) is 1.40. The van der Waals surface area contributed by atoms with Gasteiger partial charge in [-0.3, -0.25) is 9.59 Å². The van der Waals surface area contributed by atoms with E-state index in [-0.39, 0.29) is 17.2 Å². The number of carbonyl (C=O) groups excluding carboxylic acids is 2. The molecule has 0 heterocycles. The van der Waals surface area contributed by atoms with Crippen LogP contribution in [0.2, 0.25) is 0 Å². The van der Waals surface area contributed by atoms with Crippen LogP contribution in [0.3, 0.4) is 0 Å². The molecular weight excluding hydrogens is 180 g/mol. The van der Waals surface area contributed by atoms with Crippen molar-refractivity contribution in [1.82, 2.24) is 0 Å². The molecule has 1 aliphatic carbocycles. The molecule has 0 saturated carbocycles. The number of allylic oxidation sites excluding steroid dienone is 1. The van der Waals surface area contributed by atoms with Gasteiger partial charge in [-0.1, -0.05) is 26.8 Å². The van der Waals surface area contributed by atoms with Gasteiger partial charge in [0.15, 0.2) is 11.9 Å². The molecular formula is C11H16O3. The minimum Gasteiger partial charge on any atom is -0.454 e. The Hall–Kier alpha value is -1.12. The molecule has 0 aliphatic heterocycles. The summed E-state index contributed by atoms with van der Waals surface area (Å²) in [6.07, 6.45) is 3.69. The molecule has 1 unspecified atom stereocenters. The molecule has 14 heavy (non-hydrogen) atoms. The maximum absolute atomic E-state index is 11.4. The molecule has 0 spiro atoms. The molecule has 0 fully saturated rings. The van der Waals surface area contributed by atoms with Gasteiger partial charge in [-0.15, -0.1) is 0 Å². The molecule has 0 radical (unpaired) electrons. The molecule has 3 heteroatoms. The van der Waals surface area contributed by atoms with Gasteiger partial charge in [0.2, 0.25) is 0 Å². The molecule has 0 bridgehead atoms. The number of ether oxygens (including phenoxy) is 1. The van der Waals surface area contributed by atoms with Gasteiger partial charge in [-0.25, -0.2) is 0 Å². The van der Waals surface area contributed by atoms with Crippen molar-refractivity contribution >= 4 is 11.8 Å². The third kappa shape index (κ3) is 2.69. The van der Waals surface area contributed by atoms with Crippen molar-refractivity contribution in [2.24, 2.45) is 5.41 Å². The van der Waals surface area contributed by atoms with Crippen molar-refractivity contribution in [3.63, 3.8) is 0 Å². The second-order valence-corrected chi connectivity index (χ2v) is 4.26. The van der Waals surface area contributed by atoms with Gasteiger partial charge in [0.25, 0.3) is 0 Å². The summed E-state index contributed by atoms with van der Waals surface area (Å²) in [7, 11) is 0. The second kappa shape index (κ2) is 3.95. The number of carbonyl (C=O) groups is 2. The standard InChI is InChI=1S/C11H16O3/c1-4-10(13)14-9-7-11(2,3)6-5-8(9)12/h5-6,9H,4,7H2,1-3H3. The van der Waals surface area contributed by atoms with Crippen molar-refractivity contribution < 1.29 is 14.3 Å². The van der Waals surface area contributed by atoms with Crippen LogP contribution in [-0.2, 0) is 14.3 Å². The van der Waals surface area contributed by atoms with E-state index >= 15 is 0 Å². The van der Waals surface area contributed by atoms with Gasteiger partial charge in [-0.2, -0.15) is 0 Å². The van der Waals surface area contributed by atoms with E-state index in [2.05, 4.69) is 0 Å². The lowest BCUT2D eigenvalue weighted by Gasteiger charge is -2.28. The summed E-state index contributed by atoms with van der Waals surface area (Å²) in [5.74, 6) is -0.416. The molecule has 1 atom stereocenters. The average molecular weight is 196 g/mol. The Labute approximate surface area is 84.1 Å². The van der Waals surface area contributed by atoms with Gasteiger partial charge >= 0.3 is 5.97 Å². The summed E-state index contributed by atoms with van der Waals surface area (Å²) in [4.78, 5) is 22.4. The first kappa shape index (κ1) is 11.0. The maximum atomic E-state index is 11.4. The van der Waals surface area contributed by atoms with Crippen LogP contribution in [0.15, 0.2) is 12.2 Å². The molecule has 0 N–H and O–H groups in total. The summed E-state index contributed by atoms with van der Waals surface area (Å²) in [6, 6.07) is 0. The Bertz CT molecular complexity index is 276. The summed E-state index contributed by atoms with van der Waals surface area (Å²) in [6.45, 7) is 5.75. The van der Waals surface area contributed by atoms with Crippen LogP contribution < -0.4 is 0 Å². The topological polar surface area (TPSA) is 43.4 Å². The van der Waals surface area contributed by atoms with Crippen molar-refractivity contribution in [1.29, 1.82) is 0 Å². The van der Waals surface area contributed by atoms with Gasteiger partial charge in [-0.05, 0) is 11.5 Å². The Morgan fingerprint density at radius 1 is 1.64 bits per heavy atom. The number of hydrogen-bond donors (Lipinski definition) is 0. The van der Waals surface area contributed by atoms with Gasteiger partial charge < -0.3 is 4.74 Å². The van der Waals surface area contributed by atoms with Gasteiger partial charge in [0, 0.05) is 12.8 Å². The largest absolute Gasteiger partial charge is 0.454 e. The smallest absolute Gasteiger partial charge is 0.306 e. The predicted molar refractivity (Wildman–Crippen MR) is 52.7 cm³/mol. The summed E-state index contributed by atoms with van der Waals surface area (Å²) >= 11 is 0. The molecule has 0 aromatic rings. The Morgan fingerprint density at radius 3 is 2.86 bits per heavy atom. The van der Waals surface area contributed by atoms with Crippen LogP contribution in [0.1, 0.15) is 33.6 Å². The molecule has 3 nitrogen and oxygen atoms in total. The van der Waals surface area contributed by atoms with Gasteiger partial charge in [0.05, 0.1) is 0 Å². The lowest BCUT2D eigenvalue weighted by Crippen LogP contribution is -2.34. The molecule has 1 aliphatic rings. The van der Waals surface area contributed by atoms with Crippen LogP contribution in [0.25, 0.3) is 0 Å². The minimum atomic E-state index is -0.581. The highest BCUT2D eigenvalue weighted by Gasteiger charge is 2.31. The zero-order valence-corrected chi connectivity index (χ0v) is 8.87. The maximum Gasteiger partial charge on any atom is 0.306 e. The average Bonchev–Trinajstić information content (AvgIpc) is 2.11. The van der Waals surface area contributed by atoms with Gasteiger partial charge in [0.1, 0.15) is 0 Å². The van der Waals surface area contributed by atoms with Crippen molar-refractivity contribution in [2.45, 2.75) is 39.7 Å². The lowest BCUT2D eigenvalue weighted by atomic mass is 9.81. The Balaban J connectivity index is 2.67. The van der Waals surface area contributed by atoms with Crippen LogP contribution in [0, 0.1) is 5.41 Å². The van der Waals surface area contributed by atoms with Crippen LogP contribution >= 0.6 is 0 Å². The van der Waals surface area contributed by atoms with E-state index in [1.54, 1.807) is 6.92 Å². The van der Waals surface area contributed by atoms with Crippen LogP contribution in [0.5, 0.6) is 0 Å². The molecule has 0 amide bonds. The van der Waals surface area contributed by atoms with Crippen molar-refractivity contribution in [3.05, 3.63) is 12.2 Å². The summed E-state index contributed by atoms with van der Waals surface area (Å²) in [5, 5.41) is 0. The molecule has 0 aromatic heterocycles. The zero-order valence-electron chi connectivity index (χ0n) is 8.87. The highest BCUT2D eigenvalue weighted by atomic mass is 16.5. The minimum absolute atomic E-state index is 0.0629. The van der Waals surface area contributed by atoms with E-state index in [1.807, 2.05) is 19.9 Å². The fraction of sp³-hybridized carbons (Fsp3) is 0.636. The molecule has 0 saturated heterocycles. The van der Waals surface area contributed by atoms with E-state index in [0.29, 0.717) is 12.8 Å². The number of esters is 1. The van der Waals surface area contributed by atoms with E-state index < -0.39 is 6.10 Å². The Kier molecular flexibility index (Phi) is 3.09. The van der Waals surface area contributed by atoms with Crippen molar-refractivity contribution in [2.75, 3.05) is 0 Å². The number of rotatable bonds is 2. The first-order valence-electron chi connectivity index (χ1n) is 4.87. The third-order valence-electron chi connectivity index (χ3n) is 2.29. The Morgan fingerprint density at radius 2 is 2.29 bits per heavy atom. The molecule has 1 rings (SSSR count).